The van der Waals surface area contributed by atoms with Crippen molar-refractivity contribution < 1.29 is 14.0 Å². The van der Waals surface area contributed by atoms with E-state index in [0.717, 1.165) is 0 Å². The van der Waals surface area contributed by atoms with E-state index in [0.29, 0.717) is 0 Å². The Balaban J connectivity index is 3.13. The van der Waals surface area contributed by atoms with Crippen molar-refractivity contribution in [3.63, 3.8) is 0 Å². The van der Waals surface area contributed by atoms with Gasteiger partial charge in [-0.3, -0.25) is 0 Å². The van der Waals surface area contributed by atoms with Crippen molar-refractivity contribution in [2.75, 3.05) is 0 Å². The van der Waals surface area contributed by atoms with Crippen LogP contribution in [0.15, 0.2) is 0 Å². The zero-order chi connectivity index (χ0) is 5.86. The normalized spacial score (nSPS) is 16.1. The molecule has 3 nitrogen and oxygen atoms in total. The first-order valence-electron chi connectivity index (χ1n) is 1.60. The Morgan fingerprint density at radius 2 is 2.43 bits per heavy atom. The van der Waals surface area contributed by atoms with E-state index in [9.17, 15) is 4.57 Å². The molecule has 5 heteroatoms. The van der Waals surface area contributed by atoms with Gasteiger partial charge in [0.05, 0.1) is 0 Å². The van der Waals surface area contributed by atoms with Crippen molar-refractivity contribution in [1.82, 2.24) is 0 Å². The summed E-state index contributed by atoms with van der Waals surface area (Å²) in [6, 6.07) is 0. The molecule has 0 spiro atoms. The molecule has 0 radical (unpaired) electrons. The molecule has 0 heterocycles. The second kappa shape index (κ2) is 3.33. The predicted octanol–water partition coefficient (Wildman–Crippen LogP) is 1.24. The van der Waals surface area contributed by atoms with Crippen LogP contribution in [0.25, 0.3) is 0 Å². The van der Waals surface area contributed by atoms with Crippen LogP contribution < -0.4 is 0 Å². The summed E-state index contributed by atoms with van der Waals surface area (Å²) in [6.45, 7) is 1.46. The quantitative estimate of drug-likeness (QED) is 0.467. The third-order valence-electron chi connectivity index (χ3n) is 0.235. The lowest BCUT2D eigenvalue weighted by Gasteiger charge is -1.83. The van der Waals surface area contributed by atoms with Crippen LogP contribution in [-0.2, 0) is 9.09 Å². The van der Waals surface area contributed by atoms with Gasteiger partial charge in [0, 0.05) is 4.57 Å². The summed E-state index contributed by atoms with van der Waals surface area (Å²) in [4.78, 5) is 7.93. The van der Waals surface area contributed by atoms with Gasteiger partial charge in [-0.05, 0) is 6.92 Å². The molecule has 0 aliphatic heterocycles. The Morgan fingerprint density at radius 1 is 2.00 bits per heavy atom. The molecule has 0 saturated heterocycles. The highest BCUT2D eigenvalue weighted by Gasteiger charge is 2.15. The zero-order valence-electron chi connectivity index (χ0n) is 3.67. The summed E-state index contributed by atoms with van der Waals surface area (Å²) in [6.07, 6.45) is 0. The van der Waals surface area contributed by atoms with E-state index in [1.165, 1.54) is 6.92 Å². The van der Waals surface area contributed by atoms with Crippen LogP contribution in [0.4, 0.5) is 0 Å². The second-order valence-electron chi connectivity index (χ2n) is 0.886. The molecule has 2 unspecified atom stereocenters. The minimum Gasteiger partial charge on any atom is -0.133 e. The van der Waals surface area contributed by atoms with Crippen molar-refractivity contribution >= 4 is 19.9 Å². The van der Waals surface area contributed by atoms with Gasteiger partial charge in [-0.15, -0.1) is 4.89 Å². The molecule has 0 aliphatic rings. The van der Waals surface area contributed by atoms with Crippen molar-refractivity contribution in [3.05, 3.63) is 0 Å². The Kier molecular flexibility index (Phi) is 3.48. The Bertz CT molecular complexity index is 73.3. The van der Waals surface area contributed by atoms with E-state index in [1.54, 1.807) is 0 Å². The number of hydrogen-bond donors (Lipinski definition) is 1. The first-order valence-corrected chi connectivity index (χ1v) is 3.16. The van der Waals surface area contributed by atoms with E-state index in [4.69, 9.17) is 16.5 Å². The van der Waals surface area contributed by atoms with Gasteiger partial charge in [0.15, 0.2) is 5.56 Å². The summed E-state index contributed by atoms with van der Waals surface area (Å²) in [5.74, 6) is 0. The molecule has 0 amide bonds. The Morgan fingerprint density at radius 3 is 2.43 bits per heavy atom. The zero-order valence-corrected chi connectivity index (χ0v) is 5.32. The van der Waals surface area contributed by atoms with E-state index in [-0.39, 0.29) is 0 Å². The Hall–Kier alpha value is 0.310. The molecule has 0 aliphatic carbocycles. The van der Waals surface area contributed by atoms with Crippen molar-refractivity contribution in [1.29, 1.82) is 0 Å². The molecule has 0 aromatic heterocycles. The molecule has 0 aromatic carbocycles. The second-order valence-corrected chi connectivity index (χ2v) is 2.19. The van der Waals surface area contributed by atoms with Gasteiger partial charge in [-0.1, -0.05) is 16.1 Å². The lowest BCUT2D eigenvalue weighted by molar-refractivity contribution is 0.269. The fraction of sp³-hybridized carbons (Fsp3) is 1.00. The molecule has 2 atom stereocenters. The molecule has 0 bridgehead atoms. The summed E-state index contributed by atoms with van der Waals surface area (Å²) in [5.41, 5.74) is -0.686. The maximum Gasteiger partial charge on any atom is 0.696 e. The van der Waals surface area contributed by atoms with Crippen LogP contribution in [0.2, 0.25) is 0 Å². The van der Waals surface area contributed by atoms with Crippen LogP contribution in [0, 0.1) is 0 Å². The molecule has 0 fully saturated rings. The van der Waals surface area contributed by atoms with Crippen molar-refractivity contribution in [2.45, 2.75) is 12.5 Å². The molecular weight excluding hydrogens is 138 g/mol. The summed E-state index contributed by atoms with van der Waals surface area (Å²) < 4.78 is 13.7. The molecule has 0 aromatic rings. The summed E-state index contributed by atoms with van der Waals surface area (Å²) in [5, 5.41) is 0. The average molecular weight is 143 g/mol. The highest BCUT2D eigenvalue weighted by atomic mass is 35.5. The third kappa shape index (κ3) is 6.31. The smallest absolute Gasteiger partial charge is 0.133 e. The SMILES string of the molecule is CC(Cl)O[P+](=O)O. The van der Waals surface area contributed by atoms with E-state index in [1.807, 2.05) is 0 Å². The van der Waals surface area contributed by atoms with Crippen LogP contribution in [0.1, 0.15) is 6.92 Å². The predicted molar refractivity (Wildman–Crippen MR) is 26.2 cm³/mol. The summed E-state index contributed by atoms with van der Waals surface area (Å²) in [7, 11) is -2.52. The fourth-order valence-electron chi connectivity index (χ4n) is 0.124. The number of halogens is 1. The minimum absolute atomic E-state index is 0.686. The maximum absolute atomic E-state index is 9.65. The van der Waals surface area contributed by atoms with Crippen LogP contribution in [0.5, 0.6) is 0 Å². The maximum atomic E-state index is 9.65. The highest BCUT2D eigenvalue weighted by Crippen LogP contribution is 2.18. The molecule has 0 rings (SSSR count). The lowest BCUT2D eigenvalue weighted by Crippen LogP contribution is -1.88. The summed E-state index contributed by atoms with van der Waals surface area (Å²) >= 11 is 5.11. The van der Waals surface area contributed by atoms with Gasteiger partial charge >= 0.3 is 8.25 Å². The van der Waals surface area contributed by atoms with Gasteiger partial charge < -0.3 is 0 Å². The molecule has 42 valence electrons. The van der Waals surface area contributed by atoms with E-state index < -0.39 is 13.8 Å². The van der Waals surface area contributed by atoms with Gasteiger partial charge in [0.25, 0.3) is 0 Å². The van der Waals surface area contributed by atoms with E-state index in [2.05, 4.69) is 4.52 Å². The number of hydrogen-bond acceptors (Lipinski definition) is 2. The lowest BCUT2D eigenvalue weighted by atomic mass is 10.9. The number of rotatable bonds is 2. The Labute approximate surface area is 47.2 Å². The van der Waals surface area contributed by atoms with Gasteiger partial charge in [-0.2, -0.15) is 0 Å². The first-order chi connectivity index (χ1) is 3.13. The van der Waals surface area contributed by atoms with Gasteiger partial charge in [0.1, 0.15) is 0 Å². The van der Waals surface area contributed by atoms with Gasteiger partial charge in [-0.25, -0.2) is 0 Å². The fourth-order valence-corrected chi connectivity index (χ4v) is 0.577. The molecule has 0 saturated carbocycles. The standard InChI is InChI=1S/C2H4ClO3P/c1-2(3)6-7(4)5/h2H,1H3/p+1. The first kappa shape index (κ1) is 7.31. The van der Waals surface area contributed by atoms with Crippen LogP contribution in [0.3, 0.4) is 0 Å². The molecular formula is C2H5ClO3P+. The van der Waals surface area contributed by atoms with Crippen LogP contribution in [-0.4, -0.2) is 10.5 Å². The third-order valence-corrected chi connectivity index (χ3v) is 0.945. The largest absolute Gasteiger partial charge is 0.696 e. The molecule has 1 N–H and O–H groups in total. The topological polar surface area (TPSA) is 46.5 Å². The minimum atomic E-state index is -2.52. The average Bonchev–Trinajstić information content (AvgIpc) is 1.27. The van der Waals surface area contributed by atoms with E-state index >= 15 is 0 Å². The van der Waals surface area contributed by atoms with Crippen molar-refractivity contribution in [3.8, 4) is 0 Å². The monoisotopic (exact) mass is 143 g/mol. The van der Waals surface area contributed by atoms with Crippen molar-refractivity contribution in [2.24, 2.45) is 0 Å². The van der Waals surface area contributed by atoms with Gasteiger partial charge in [0.2, 0.25) is 0 Å². The molecule has 7 heavy (non-hydrogen) atoms. The number of alkyl halides is 1. The van der Waals surface area contributed by atoms with Crippen LogP contribution >= 0.6 is 19.9 Å². The highest BCUT2D eigenvalue weighted by molar-refractivity contribution is 7.32.